The summed E-state index contributed by atoms with van der Waals surface area (Å²) in [5.74, 6) is 1.58. The van der Waals surface area contributed by atoms with Crippen LogP contribution in [0.1, 0.15) is 12.5 Å². The van der Waals surface area contributed by atoms with Crippen LogP contribution in [0.3, 0.4) is 0 Å². The second-order valence-electron chi connectivity index (χ2n) is 4.72. The molecule has 0 aliphatic carbocycles. The summed E-state index contributed by atoms with van der Waals surface area (Å²) in [5.41, 5.74) is 5.46. The molecule has 2 rings (SSSR count). The molecular weight excluding hydrogens is 310 g/mol. The lowest BCUT2D eigenvalue weighted by Crippen LogP contribution is -2.24. The van der Waals surface area contributed by atoms with E-state index in [4.69, 9.17) is 21.7 Å². The van der Waals surface area contributed by atoms with Gasteiger partial charge in [0.15, 0.2) is 5.11 Å². The smallest absolute Gasteiger partial charge is 0.191 e. The minimum Gasteiger partial charge on any atom is -0.497 e. The average Bonchev–Trinajstić information content (AvgIpc) is 2.60. The Bertz CT molecular complexity index is 699. The molecule has 0 saturated carbocycles. The van der Waals surface area contributed by atoms with Crippen molar-refractivity contribution >= 4 is 28.7 Å². The van der Waals surface area contributed by atoms with Gasteiger partial charge in [-0.25, -0.2) is 0 Å². The van der Waals surface area contributed by atoms with Crippen LogP contribution in [0.5, 0.6) is 11.5 Å². The fourth-order valence-corrected chi connectivity index (χ4v) is 2.04. The molecule has 0 bridgehead atoms. The molecule has 0 saturated heterocycles. The molecule has 0 unspecified atom stereocenters. The molecule has 0 heterocycles. The summed E-state index contributed by atoms with van der Waals surface area (Å²) >= 11 is 5.23. The van der Waals surface area contributed by atoms with Crippen molar-refractivity contribution in [2.45, 2.75) is 6.92 Å². The molecule has 0 amide bonds. The van der Waals surface area contributed by atoms with E-state index in [2.05, 4.69) is 15.8 Å². The highest BCUT2D eigenvalue weighted by Crippen LogP contribution is 2.15. The van der Waals surface area contributed by atoms with Gasteiger partial charge in [-0.05, 0) is 55.5 Å². The van der Waals surface area contributed by atoms with E-state index in [-0.39, 0.29) is 0 Å². The van der Waals surface area contributed by atoms with Gasteiger partial charge in [-0.15, -0.1) is 0 Å². The van der Waals surface area contributed by atoms with E-state index in [9.17, 15) is 0 Å². The second-order valence-corrected chi connectivity index (χ2v) is 5.13. The number of hydrogen-bond acceptors (Lipinski definition) is 4. The number of hydrazone groups is 1. The van der Waals surface area contributed by atoms with Gasteiger partial charge in [0.2, 0.25) is 0 Å². The molecule has 120 valence electrons. The Morgan fingerprint density at radius 2 is 1.70 bits per heavy atom. The minimum absolute atomic E-state index is 0.414. The summed E-state index contributed by atoms with van der Waals surface area (Å²) in [7, 11) is 3.27. The fraction of sp³-hybridized carbons (Fsp3) is 0.176. The summed E-state index contributed by atoms with van der Waals surface area (Å²) in [5, 5.41) is 7.75. The molecule has 0 spiro atoms. The number of anilines is 1. The second kappa shape index (κ2) is 8.14. The summed E-state index contributed by atoms with van der Waals surface area (Å²) in [4.78, 5) is 0. The van der Waals surface area contributed by atoms with Crippen LogP contribution in [0, 0.1) is 0 Å². The summed E-state index contributed by atoms with van der Waals surface area (Å²) in [6.45, 7) is 1.90. The van der Waals surface area contributed by atoms with Crippen molar-refractivity contribution in [1.29, 1.82) is 0 Å². The first kappa shape index (κ1) is 16.8. The van der Waals surface area contributed by atoms with Gasteiger partial charge >= 0.3 is 0 Å². The van der Waals surface area contributed by atoms with Crippen molar-refractivity contribution in [3.8, 4) is 11.5 Å². The van der Waals surface area contributed by atoms with Crippen molar-refractivity contribution in [3.05, 3.63) is 54.1 Å². The van der Waals surface area contributed by atoms with Crippen molar-refractivity contribution in [1.82, 2.24) is 5.43 Å². The van der Waals surface area contributed by atoms with E-state index in [0.717, 1.165) is 28.5 Å². The molecule has 0 atom stereocenters. The van der Waals surface area contributed by atoms with Gasteiger partial charge in [-0.3, -0.25) is 5.43 Å². The molecular formula is C17H19N3O2S. The van der Waals surface area contributed by atoms with Gasteiger partial charge in [-0.1, -0.05) is 12.1 Å². The molecule has 0 aliphatic rings. The Morgan fingerprint density at radius 3 is 2.35 bits per heavy atom. The van der Waals surface area contributed by atoms with Crippen LogP contribution >= 0.6 is 12.2 Å². The summed E-state index contributed by atoms with van der Waals surface area (Å²) < 4.78 is 10.3. The standard InChI is InChI=1S/C17H19N3O2S/c1-12(13-5-4-6-16(11-13)22-3)19-20-17(23)18-14-7-9-15(21-2)10-8-14/h4-11H,1-3H3,(H2,18,20,23)/b19-12-. The third kappa shape index (κ3) is 4.96. The number of thiocarbonyl (C=S) groups is 1. The van der Waals surface area contributed by atoms with Crippen molar-refractivity contribution < 1.29 is 9.47 Å². The molecule has 5 nitrogen and oxygen atoms in total. The van der Waals surface area contributed by atoms with E-state index in [1.54, 1.807) is 14.2 Å². The first-order chi connectivity index (χ1) is 11.1. The van der Waals surface area contributed by atoms with Crippen LogP contribution in [0.15, 0.2) is 53.6 Å². The van der Waals surface area contributed by atoms with Crippen LogP contribution in [0.4, 0.5) is 5.69 Å². The maximum absolute atomic E-state index is 5.23. The normalized spacial score (nSPS) is 10.8. The van der Waals surface area contributed by atoms with Crippen molar-refractivity contribution in [2.24, 2.45) is 5.10 Å². The van der Waals surface area contributed by atoms with Crippen LogP contribution in [-0.4, -0.2) is 25.0 Å². The first-order valence-corrected chi connectivity index (χ1v) is 7.43. The lowest BCUT2D eigenvalue weighted by atomic mass is 10.1. The first-order valence-electron chi connectivity index (χ1n) is 7.02. The van der Waals surface area contributed by atoms with Crippen LogP contribution in [0.25, 0.3) is 0 Å². The van der Waals surface area contributed by atoms with E-state index in [0.29, 0.717) is 5.11 Å². The van der Waals surface area contributed by atoms with Crippen LogP contribution in [0.2, 0.25) is 0 Å². The Morgan fingerprint density at radius 1 is 1.00 bits per heavy atom. The Balaban J connectivity index is 1.96. The third-order valence-corrected chi connectivity index (χ3v) is 3.35. The van der Waals surface area contributed by atoms with Crippen molar-refractivity contribution in [3.63, 3.8) is 0 Å². The number of hydrogen-bond donors (Lipinski definition) is 2. The van der Waals surface area contributed by atoms with E-state index >= 15 is 0 Å². The Labute approximate surface area is 141 Å². The molecule has 2 aromatic rings. The number of ether oxygens (including phenoxy) is 2. The lowest BCUT2D eigenvalue weighted by molar-refractivity contribution is 0.414. The largest absolute Gasteiger partial charge is 0.497 e. The van der Waals surface area contributed by atoms with Crippen molar-refractivity contribution in [2.75, 3.05) is 19.5 Å². The summed E-state index contributed by atoms with van der Waals surface area (Å²) in [6.07, 6.45) is 0. The highest BCUT2D eigenvalue weighted by molar-refractivity contribution is 7.80. The lowest BCUT2D eigenvalue weighted by Gasteiger charge is -2.09. The molecule has 2 N–H and O–H groups in total. The zero-order valence-electron chi connectivity index (χ0n) is 13.3. The maximum atomic E-state index is 5.23. The number of nitrogens with one attached hydrogen (secondary N) is 2. The predicted octanol–water partition coefficient (Wildman–Crippen LogP) is 3.41. The predicted molar refractivity (Wildman–Crippen MR) is 97.6 cm³/mol. The monoisotopic (exact) mass is 329 g/mol. The van der Waals surface area contributed by atoms with Crippen LogP contribution in [-0.2, 0) is 0 Å². The van der Waals surface area contributed by atoms with Gasteiger partial charge in [0, 0.05) is 11.3 Å². The molecule has 0 fully saturated rings. The molecule has 6 heteroatoms. The third-order valence-electron chi connectivity index (χ3n) is 3.16. The maximum Gasteiger partial charge on any atom is 0.191 e. The minimum atomic E-state index is 0.414. The van der Waals surface area contributed by atoms with Gasteiger partial charge < -0.3 is 14.8 Å². The quantitative estimate of drug-likeness (QED) is 0.500. The molecule has 2 aromatic carbocycles. The highest BCUT2D eigenvalue weighted by Gasteiger charge is 2.01. The topological polar surface area (TPSA) is 54.9 Å². The number of methoxy groups -OCH3 is 2. The summed E-state index contributed by atoms with van der Waals surface area (Å²) in [6, 6.07) is 15.2. The zero-order valence-corrected chi connectivity index (χ0v) is 14.1. The Kier molecular flexibility index (Phi) is 5.94. The van der Waals surface area contributed by atoms with Gasteiger partial charge in [0.05, 0.1) is 19.9 Å². The average molecular weight is 329 g/mol. The molecule has 23 heavy (non-hydrogen) atoms. The van der Waals surface area contributed by atoms with E-state index in [1.165, 1.54) is 0 Å². The zero-order chi connectivity index (χ0) is 16.7. The van der Waals surface area contributed by atoms with E-state index in [1.807, 2.05) is 55.5 Å². The molecule has 0 aromatic heterocycles. The molecule has 0 aliphatic heterocycles. The van der Waals surface area contributed by atoms with Gasteiger partial charge in [0.25, 0.3) is 0 Å². The van der Waals surface area contributed by atoms with Crippen LogP contribution < -0.4 is 20.2 Å². The van der Waals surface area contributed by atoms with Gasteiger partial charge in [-0.2, -0.15) is 5.10 Å². The highest BCUT2D eigenvalue weighted by atomic mass is 32.1. The SMILES string of the molecule is COc1ccc(NC(=S)N/N=C(/C)c2cccc(OC)c2)cc1. The Hall–Kier alpha value is -2.60. The number of rotatable bonds is 5. The van der Waals surface area contributed by atoms with E-state index < -0.39 is 0 Å². The number of nitrogens with zero attached hydrogens (tertiary/aromatic N) is 1. The molecule has 0 radical (unpaired) electrons. The fourth-order valence-electron chi connectivity index (χ4n) is 1.88. The van der Waals surface area contributed by atoms with Gasteiger partial charge in [0.1, 0.15) is 11.5 Å². The number of benzene rings is 2.